The zero-order valence-electron chi connectivity index (χ0n) is 13.7. The van der Waals surface area contributed by atoms with E-state index < -0.39 is 11.7 Å². The van der Waals surface area contributed by atoms with Gasteiger partial charge in [0.1, 0.15) is 0 Å². The summed E-state index contributed by atoms with van der Waals surface area (Å²) in [6.45, 7) is 3.92. The molecule has 0 N–H and O–H groups in total. The smallest absolute Gasteiger partial charge is 0.416 e. The van der Waals surface area contributed by atoms with E-state index >= 15 is 0 Å². The molecular formula is C16H23ClF3N2V-. The van der Waals surface area contributed by atoms with Crippen LogP contribution in [0.3, 0.4) is 0 Å². The molecule has 0 aromatic heterocycles. The van der Waals surface area contributed by atoms with E-state index in [0.29, 0.717) is 12.0 Å². The number of rotatable bonds is 2. The van der Waals surface area contributed by atoms with Gasteiger partial charge in [0.2, 0.25) is 0 Å². The summed E-state index contributed by atoms with van der Waals surface area (Å²) in [5, 5.41) is 4.47. The summed E-state index contributed by atoms with van der Waals surface area (Å²) in [5.74, 6) is 0. The average molecular weight is 387 g/mol. The quantitative estimate of drug-likeness (QED) is 0.699. The van der Waals surface area contributed by atoms with Crippen molar-refractivity contribution in [3.05, 3.63) is 39.7 Å². The molecule has 23 heavy (non-hydrogen) atoms. The van der Waals surface area contributed by atoms with Gasteiger partial charge in [0.15, 0.2) is 0 Å². The van der Waals surface area contributed by atoms with Crippen LogP contribution >= 0.6 is 11.6 Å². The molecule has 1 fully saturated rings. The van der Waals surface area contributed by atoms with Crippen LogP contribution in [0.1, 0.15) is 30.9 Å². The van der Waals surface area contributed by atoms with Crippen LogP contribution in [-0.4, -0.2) is 38.1 Å². The van der Waals surface area contributed by atoms with E-state index in [1.54, 1.807) is 6.92 Å². The van der Waals surface area contributed by atoms with E-state index in [1.807, 2.05) is 0 Å². The SMILES string of the molecule is CCc1cc(Cl)cc(C(F)(F)F)c1.CN(C)C1CCC[N-]C1.[V]. The summed E-state index contributed by atoms with van der Waals surface area (Å²) in [6, 6.07) is 4.31. The normalized spacial score (nSPS) is 18.0. The van der Waals surface area contributed by atoms with E-state index in [0.717, 1.165) is 31.3 Å². The molecule has 0 saturated carbocycles. The predicted molar refractivity (Wildman–Crippen MR) is 85.6 cm³/mol. The molecule has 1 heterocycles. The summed E-state index contributed by atoms with van der Waals surface area (Å²) in [5.41, 5.74) is -0.0864. The van der Waals surface area contributed by atoms with Crippen LogP contribution in [-0.2, 0) is 31.2 Å². The number of hydrogen-bond donors (Lipinski definition) is 0. The maximum atomic E-state index is 12.2. The topological polar surface area (TPSA) is 17.3 Å². The Morgan fingerprint density at radius 2 is 1.91 bits per heavy atom. The largest absolute Gasteiger partial charge is 0.661 e. The van der Waals surface area contributed by atoms with Crippen LogP contribution in [0, 0.1) is 0 Å². The second-order valence-corrected chi connectivity index (χ2v) is 6.03. The van der Waals surface area contributed by atoms with Crippen LogP contribution in [0.5, 0.6) is 0 Å². The summed E-state index contributed by atoms with van der Waals surface area (Å²) in [7, 11) is 4.26. The fraction of sp³-hybridized carbons (Fsp3) is 0.625. The summed E-state index contributed by atoms with van der Waals surface area (Å²) >= 11 is 5.53. The van der Waals surface area contributed by atoms with E-state index in [1.165, 1.54) is 18.9 Å². The first-order valence-corrected chi connectivity index (χ1v) is 7.78. The van der Waals surface area contributed by atoms with Crippen molar-refractivity contribution in [2.24, 2.45) is 0 Å². The van der Waals surface area contributed by atoms with Crippen molar-refractivity contribution in [3.63, 3.8) is 0 Å². The molecule has 2 nitrogen and oxygen atoms in total. The number of halogens is 4. The minimum absolute atomic E-state index is 0. The Labute approximate surface area is 153 Å². The number of benzene rings is 1. The van der Waals surface area contributed by atoms with Crippen LogP contribution in [0.25, 0.3) is 5.32 Å². The van der Waals surface area contributed by atoms with Gasteiger partial charge >= 0.3 is 6.18 Å². The number of hydrogen-bond acceptors (Lipinski definition) is 1. The molecule has 0 bridgehead atoms. The Hall–Kier alpha value is -0.196. The first-order chi connectivity index (χ1) is 10.2. The fourth-order valence-corrected chi connectivity index (χ4v) is 2.47. The van der Waals surface area contributed by atoms with Gasteiger partial charge in [0, 0.05) is 23.6 Å². The van der Waals surface area contributed by atoms with Crippen molar-refractivity contribution >= 4 is 11.6 Å². The Bertz CT molecular complexity index is 461. The number of nitrogens with zero attached hydrogens (tertiary/aromatic N) is 2. The van der Waals surface area contributed by atoms with Crippen LogP contribution in [0.4, 0.5) is 13.2 Å². The maximum Gasteiger partial charge on any atom is 0.416 e. The molecule has 1 aromatic rings. The van der Waals surface area contributed by atoms with Crippen molar-refractivity contribution in [2.75, 3.05) is 27.2 Å². The number of likely N-dealkylation sites (N-methyl/N-ethyl adjacent to an activating group) is 1. The standard InChI is InChI=1S/C9H8ClF3.C7H15N2.V/c1-2-6-3-7(9(11,12)13)5-8(10)4-6;1-9(2)7-4-3-5-8-6-7;/h3-5H,2H2,1H3;7H,3-6H2,1-2H3;/q;-1;. The average Bonchev–Trinajstić information content (AvgIpc) is 2.47. The number of aryl methyl sites for hydroxylation is 1. The van der Waals surface area contributed by atoms with Crippen molar-refractivity contribution in [1.82, 2.24) is 4.90 Å². The Balaban J connectivity index is 0.000000427. The van der Waals surface area contributed by atoms with Crippen LogP contribution < -0.4 is 0 Å². The van der Waals surface area contributed by atoms with Gasteiger partial charge in [-0.1, -0.05) is 24.9 Å². The second-order valence-electron chi connectivity index (χ2n) is 5.59. The summed E-state index contributed by atoms with van der Waals surface area (Å²) in [4.78, 5) is 2.27. The van der Waals surface area contributed by atoms with Crippen LogP contribution in [0.15, 0.2) is 18.2 Å². The van der Waals surface area contributed by atoms with Crippen LogP contribution in [0.2, 0.25) is 5.02 Å². The predicted octanol–water partition coefficient (Wildman–Crippen LogP) is 5.00. The van der Waals surface area contributed by atoms with Gasteiger partial charge in [0.25, 0.3) is 0 Å². The van der Waals surface area contributed by atoms with E-state index in [9.17, 15) is 13.2 Å². The second kappa shape index (κ2) is 10.6. The summed E-state index contributed by atoms with van der Waals surface area (Å²) in [6.07, 6.45) is -1.15. The molecule has 7 heteroatoms. The van der Waals surface area contributed by atoms with Gasteiger partial charge in [-0.15, -0.1) is 13.1 Å². The Morgan fingerprint density at radius 1 is 1.26 bits per heavy atom. The third-order valence-corrected chi connectivity index (χ3v) is 3.84. The van der Waals surface area contributed by atoms with Gasteiger partial charge < -0.3 is 10.2 Å². The molecule has 1 atom stereocenters. The first kappa shape index (κ1) is 22.8. The monoisotopic (exact) mass is 386 g/mol. The van der Waals surface area contributed by atoms with E-state index in [4.69, 9.17) is 11.6 Å². The van der Waals surface area contributed by atoms with Gasteiger partial charge in [0.05, 0.1) is 5.56 Å². The third kappa shape index (κ3) is 8.45. The van der Waals surface area contributed by atoms with Crippen molar-refractivity contribution < 1.29 is 31.7 Å². The molecule has 0 amide bonds. The van der Waals surface area contributed by atoms with E-state index in [2.05, 4.69) is 24.3 Å². The zero-order valence-corrected chi connectivity index (χ0v) is 15.9. The van der Waals surface area contributed by atoms with Crippen molar-refractivity contribution in [3.8, 4) is 0 Å². The molecule has 0 spiro atoms. The summed E-state index contributed by atoms with van der Waals surface area (Å²) < 4.78 is 36.7. The van der Waals surface area contributed by atoms with Crippen molar-refractivity contribution in [2.45, 2.75) is 38.4 Å². The molecule has 2 rings (SSSR count). The van der Waals surface area contributed by atoms with Gasteiger partial charge in [-0.3, -0.25) is 0 Å². The van der Waals surface area contributed by atoms with Gasteiger partial charge in [-0.25, -0.2) is 0 Å². The molecule has 0 aliphatic carbocycles. The maximum absolute atomic E-state index is 12.2. The first-order valence-electron chi connectivity index (χ1n) is 7.40. The number of piperidine rings is 1. The molecule has 1 aliphatic heterocycles. The molecule has 131 valence electrons. The van der Waals surface area contributed by atoms with Gasteiger partial charge in [-0.2, -0.15) is 13.2 Å². The molecular weight excluding hydrogens is 364 g/mol. The molecule has 1 unspecified atom stereocenters. The molecule has 1 aliphatic rings. The molecule has 1 radical (unpaired) electrons. The number of alkyl halides is 3. The zero-order chi connectivity index (χ0) is 16.8. The Kier molecular flexibility index (Phi) is 10.5. The Morgan fingerprint density at radius 3 is 2.30 bits per heavy atom. The minimum Gasteiger partial charge on any atom is -0.661 e. The van der Waals surface area contributed by atoms with Crippen molar-refractivity contribution in [1.29, 1.82) is 0 Å². The fourth-order valence-electron chi connectivity index (χ4n) is 2.21. The molecule has 1 aromatic carbocycles. The van der Waals surface area contributed by atoms with Gasteiger partial charge in [-0.05, 0) is 56.7 Å². The minimum atomic E-state index is -4.31. The molecule has 1 saturated heterocycles. The van der Waals surface area contributed by atoms with E-state index in [-0.39, 0.29) is 23.6 Å². The third-order valence-electron chi connectivity index (χ3n) is 3.62.